The summed E-state index contributed by atoms with van der Waals surface area (Å²) in [5, 5.41) is 3.54. The van der Waals surface area contributed by atoms with Crippen LogP contribution in [0.4, 0.5) is 16.2 Å². The number of hydrogen-bond donors (Lipinski definition) is 1. The van der Waals surface area contributed by atoms with E-state index < -0.39 is 11.2 Å². The highest BCUT2D eigenvalue weighted by atomic mass is 16.6. The fraction of sp³-hybridized carbons (Fsp3) is 0.548. The van der Waals surface area contributed by atoms with Crippen molar-refractivity contribution in [1.82, 2.24) is 4.90 Å². The third-order valence-corrected chi connectivity index (χ3v) is 6.92. The molecule has 2 atom stereocenters. The Hall–Kier alpha value is -3.02. The molecule has 1 N–H and O–H groups in total. The zero-order chi connectivity index (χ0) is 26.8. The average molecular weight is 507 g/mol. The monoisotopic (exact) mass is 506 g/mol. The van der Waals surface area contributed by atoms with E-state index in [9.17, 15) is 9.59 Å². The van der Waals surface area contributed by atoms with Crippen molar-refractivity contribution < 1.29 is 19.1 Å². The fourth-order valence-corrected chi connectivity index (χ4v) is 5.27. The Bertz CT molecular complexity index is 1130. The number of benzene rings is 2. The second-order valence-electron chi connectivity index (χ2n) is 12.5. The lowest BCUT2D eigenvalue weighted by molar-refractivity contribution is -0.161. The second kappa shape index (κ2) is 10.8. The Balaban J connectivity index is 1.49. The predicted octanol–water partition coefficient (Wildman–Crippen LogP) is 6.68. The number of carbonyl (C=O) groups is 2. The molecule has 0 unspecified atom stereocenters. The molecule has 0 bridgehead atoms. The molecule has 6 heteroatoms. The van der Waals surface area contributed by atoms with Crippen LogP contribution in [0.25, 0.3) is 0 Å². The van der Waals surface area contributed by atoms with Crippen LogP contribution in [0.2, 0.25) is 0 Å². The molecular weight excluding hydrogens is 464 g/mol. The van der Waals surface area contributed by atoms with Gasteiger partial charge in [-0.05, 0) is 121 Å². The van der Waals surface area contributed by atoms with E-state index in [1.807, 2.05) is 47.6 Å². The largest absolute Gasteiger partial charge is 0.460 e. The van der Waals surface area contributed by atoms with Crippen molar-refractivity contribution in [3.05, 3.63) is 59.2 Å². The normalized spacial score (nSPS) is 18.3. The van der Waals surface area contributed by atoms with E-state index in [0.717, 1.165) is 29.8 Å². The molecule has 6 nitrogen and oxygen atoms in total. The van der Waals surface area contributed by atoms with Gasteiger partial charge in [-0.3, -0.25) is 4.79 Å². The molecule has 1 amide bonds. The van der Waals surface area contributed by atoms with Gasteiger partial charge in [0.1, 0.15) is 11.2 Å². The van der Waals surface area contributed by atoms with Crippen LogP contribution in [0.15, 0.2) is 42.5 Å². The lowest BCUT2D eigenvalue weighted by Gasteiger charge is -2.28. The number of fused-ring (bicyclic) bond motifs is 1. The summed E-state index contributed by atoms with van der Waals surface area (Å²) in [7, 11) is 0. The van der Waals surface area contributed by atoms with Gasteiger partial charge in [-0.2, -0.15) is 0 Å². The number of carbonyl (C=O) groups excluding carboxylic acids is 2. The molecule has 1 heterocycles. The Morgan fingerprint density at radius 2 is 1.65 bits per heavy atom. The first-order valence-electron chi connectivity index (χ1n) is 13.5. The van der Waals surface area contributed by atoms with Crippen LogP contribution < -0.4 is 5.32 Å². The van der Waals surface area contributed by atoms with Crippen LogP contribution in [0.1, 0.15) is 71.1 Å². The molecular formula is C31H42N2O4. The summed E-state index contributed by atoms with van der Waals surface area (Å²) in [6, 6.07) is 14.9. The number of likely N-dealkylation sites (tertiary alicyclic amines) is 1. The summed E-state index contributed by atoms with van der Waals surface area (Å²) >= 11 is 0. The maximum absolute atomic E-state index is 13.4. The van der Waals surface area contributed by atoms with Crippen LogP contribution in [0, 0.1) is 11.8 Å². The minimum absolute atomic E-state index is 0.00990. The minimum Gasteiger partial charge on any atom is -0.460 e. The van der Waals surface area contributed by atoms with Crippen LogP contribution in [0.5, 0.6) is 0 Å². The number of hydrogen-bond acceptors (Lipinski definition) is 5. The second-order valence-corrected chi connectivity index (χ2v) is 12.5. The fourth-order valence-electron chi connectivity index (χ4n) is 5.27. The number of rotatable bonds is 6. The summed E-state index contributed by atoms with van der Waals surface area (Å²) in [6.45, 7) is 12.4. The van der Waals surface area contributed by atoms with Crippen LogP contribution in [-0.4, -0.2) is 41.3 Å². The zero-order valence-corrected chi connectivity index (χ0v) is 23.2. The number of nitrogens with one attached hydrogen (secondary N) is 1. The summed E-state index contributed by atoms with van der Waals surface area (Å²) in [5.41, 5.74) is 4.92. The van der Waals surface area contributed by atoms with Gasteiger partial charge in [0.15, 0.2) is 0 Å². The highest BCUT2D eigenvalue weighted by Crippen LogP contribution is 2.32. The van der Waals surface area contributed by atoms with Crippen molar-refractivity contribution in [2.24, 2.45) is 11.8 Å². The lowest BCUT2D eigenvalue weighted by Crippen LogP contribution is -2.38. The first-order chi connectivity index (χ1) is 17.4. The van der Waals surface area contributed by atoms with Gasteiger partial charge in [0, 0.05) is 24.5 Å². The number of esters is 1. The van der Waals surface area contributed by atoms with E-state index in [1.165, 1.54) is 24.0 Å². The van der Waals surface area contributed by atoms with Gasteiger partial charge in [0.25, 0.3) is 0 Å². The molecule has 0 aromatic heterocycles. The van der Waals surface area contributed by atoms with Crippen LogP contribution >= 0.6 is 0 Å². The van der Waals surface area contributed by atoms with E-state index in [0.29, 0.717) is 19.5 Å². The smallest absolute Gasteiger partial charge is 0.410 e. The SMILES string of the molecule is CC(C)(C)OC(=O)[C@@H](Cc1cccc(Nc2ccc3c(c2)CCC3)c1)[C@H]1CCN(C(=O)OC(C)(C)C)C1. The minimum atomic E-state index is -0.574. The van der Waals surface area contributed by atoms with Crippen molar-refractivity contribution in [3.8, 4) is 0 Å². The van der Waals surface area contributed by atoms with E-state index in [1.54, 1.807) is 4.90 Å². The first kappa shape index (κ1) is 27.0. The highest BCUT2D eigenvalue weighted by molar-refractivity contribution is 5.74. The van der Waals surface area contributed by atoms with Gasteiger partial charge in [0.2, 0.25) is 0 Å². The number of nitrogens with zero attached hydrogens (tertiary/aromatic N) is 1. The predicted molar refractivity (Wildman–Crippen MR) is 147 cm³/mol. The van der Waals surface area contributed by atoms with Crippen molar-refractivity contribution in [1.29, 1.82) is 0 Å². The molecule has 37 heavy (non-hydrogen) atoms. The summed E-state index contributed by atoms with van der Waals surface area (Å²) < 4.78 is 11.4. The van der Waals surface area contributed by atoms with Gasteiger partial charge >= 0.3 is 12.1 Å². The zero-order valence-electron chi connectivity index (χ0n) is 23.2. The molecule has 2 aromatic carbocycles. The average Bonchev–Trinajstić information content (AvgIpc) is 3.45. The molecule has 1 fully saturated rings. The summed E-state index contributed by atoms with van der Waals surface area (Å²) in [4.78, 5) is 27.7. The van der Waals surface area contributed by atoms with E-state index in [2.05, 4.69) is 41.7 Å². The molecule has 2 aliphatic rings. The van der Waals surface area contributed by atoms with Crippen molar-refractivity contribution in [3.63, 3.8) is 0 Å². The lowest BCUT2D eigenvalue weighted by atomic mass is 9.86. The summed E-state index contributed by atoms with van der Waals surface area (Å²) in [5.74, 6) is -0.543. The van der Waals surface area contributed by atoms with Crippen LogP contribution in [-0.2, 0) is 33.5 Å². The van der Waals surface area contributed by atoms with E-state index in [-0.39, 0.29) is 23.9 Å². The molecule has 1 saturated heterocycles. The molecule has 1 aliphatic carbocycles. The number of amides is 1. The molecule has 0 saturated carbocycles. The molecule has 1 aliphatic heterocycles. The molecule has 0 radical (unpaired) electrons. The van der Waals surface area contributed by atoms with Gasteiger partial charge in [-0.25, -0.2) is 4.79 Å². The maximum atomic E-state index is 13.4. The summed E-state index contributed by atoms with van der Waals surface area (Å²) in [6.07, 6.45) is 4.52. The quantitative estimate of drug-likeness (QED) is 0.443. The number of ether oxygens (including phenoxy) is 2. The van der Waals surface area contributed by atoms with Crippen molar-refractivity contribution in [2.45, 2.75) is 84.8 Å². The van der Waals surface area contributed by atoms with Crippen molar-refractivity contribution >= 4 is 23.4 Å². The van der Waals surface area contributed by atoms with E-state index >= 15 is 0 Å². The first-order valence-corrected chi connectivity index (χ1v) is 13.5. The van der Waals surface area contributed by atoms with E-state index in [4.69, 9.17) is 9.47 Å². The maximum Gasteiger partial charge on any atom is 0.410 e. The third-order valence-electron chi connectivity index (χ3n) is 6.92. The Morgan fingerprint density at radius 1 is 0.946 bits per heavy atom. The highest BCUT2D eigenvalue weighted by Gasteiger charge is 2.39. The van der Waals surface area contributed by atoms with Crippen LogP contribution in [0.3, 0.4) is 0 Å². The number of anilines is 2. The standard InChI is InChI=1S/C31H42N2O4/c1-30(2,3)36-28(34)27(24-15-16-33(20-24)29(35)37-31(4,5)6)18-21-9-7-12-25(17-21)32-26-14-13-22-10-8-11-23(22)19-26/h7,9,12-14,17,19,24,27,32H,8,10-11,15-16,18,20H2,1-6H3/t24-,27-/m0/s1. The Kier molecular flexibility index (Phi) is 7.86. The molecule has 4 rings (SSSR count). The molecule has 2 aromatic rings. The van der Waals surface area contributed by atoms with Gasteiger partial charge in [0.05, 0.1) is 5.92 Å². The third kappa shape index (κ3) is 7.50. The Labute approximate surface area is 221 Å². The Morgan fingerprint density at radius 3 is 2.38 bits per heavy atom. The van der Waals surface area contributed by atoms with Gasteiger partial charge < -0.3 is 19.7 Å². The number of aryl methyl sites for hydroxylation is 2. The van der Waals surface area contributed by atoms with Gasteiger partial charge in [-0.1, -0.05) is 18.2 Å². The van der Waals surface area contributed by atoms with Gasteiger partial charge in [-0.15, -0.1) is 0 Å². The van der Waals surface area contributed by atoms with Crippen molar-refractivity contribution in [2.75, 3.05) is 18.4 Å². The molecule has 0 spiro atoms. The topological polar surface area (TPSA) is 67.9 Å². The molecule has 200 valence electrons.